The molecule has 0 saturated carbocycles. The molecule has 15 heavy (non-hydrogen) atoms. The van der Waals surface area contributed by atoms with E-state index in [1.54, 1.807) is 6.92 Å². The Morgan fingerprint density at radius 2 is 2.07 bits per heavy atom. The van der Waals surface area contributed by atoms with E-state index in [0.717, 1.165) is 12.8 Å². The van der Waals surface area contributed by atoms with Crippen molar-refractivity contribution in [3.63, 3.8) is 0 Å². The summed E-state index contributed by atoms with van der Waals surface area (Å²) >= 11 is 0. The number of ether oxygens (including phenoxy) is 1. The van der Waals surface area contributed by atoms with Crippen LogP contribution in [0.1, 0.15) is 33.1 Å². The van der Waals surface area contributed by atoms with Crippen LogP contribution in [0.2, 0.25) is 0 Å². The van der Waals surface area contributed by atoms with Crippen LogP contribution in [0.3, 0.4) is 0 Å². The highest BCUT2D eigenvalue weighted by Gasteiger charge is 2.10. The van der Waals surface area contributed by atoms with E-state index in [1.807, 2.05) is 6.92 Å². The molecular weight excluding hydrogens is 198 g/mol. The van der Waals surface area contributed by atoms with E-state index >= 15 is 0 Å². The SMILES string of the molecule is CCC=C(NC(=O)OCCCC)C(=O)O. The second kappa shape index (κ2) is 7.84. The number of carboxylic acids is 1. The predicted octanol–water partition coefficient (Wildman–Crippen LogP) is 1.89. The van der Waals surface area contributed by atoms with Crippen molar-refractivity contribution in [3.05, 3.63) is 11.8 Å². The minimum absolute atomic E-state index is 0.140. The molecular formula is C10H17NO4. The van der Waals surface area contributed by atoms with Crippen LogP contribution in [0, 0.1) is 0 Å². The Balaban J connectivity index is 4.01. The van der Waals surface area contributed by atoms with E-state index in [9.17, 15) is 9.59 Å². The first-order chi connectivity index (χ1) is 7.11. The number of carboxylic acid groups (broad SMARTS) is 1. The number of hydrogen-bond acceptors (Lipinski definition) is 3. The van der Waals surface area contributed by atoms with Gasteiger partial charge in [-0.1, -0.05) is 26.3 Å². The summed E-state index contributed by atoms with van der Waals surface area (Å²) in [5, 5.41) is 10.9. The summed E-state index contributed by atoms with van der Waals surface area (Å²) in [5.41, 5.74) is -0.140. The quantitative estimate of drug-likeness (QED) is 0.524. The van der Waals surface area contributed by atoms with Gasteiger partial charge in [0.1, 0.15) is 5.70 Å². The lowest BCUT2D eigenvalue weighted by atomic mass is 10.3. The zero-order valence-corrected chi connectivity index (χ0v) is 9.08. The maximum atomic E-state index is 11.1. The molecule has 5 heteroatoms. The highest BCUT2D eigenvalue weighted by Crippen LogP contribution is 1.95. The molecule has 0 unspecified atom stereocenters. The van der Waals surface area contributed by atoms with Crippen molar-refractivity contribution in [2.75, 3.05) is 6.61 Å². The van der Waals surface area contributed by atoms with Gasteiger partial charge in [0.25, 0.3) is 0 Å². The molecule has 0 atom stereocenters. The molecule has 0 aliphatic rings. The molecule has 5 nitrogen and oxygen atoms in total. The Kier molecular flexibility index (Phi) is 7.05. The first-order valence-corrected chi connectivity index (χ1v) is 4.99. The topological polar surface area (TPSA) is 75.6 Å². The molecule has 2 N–H and O–H groups in total. The van der Waals surface area contributed by atoms with E-state index in [0.29, 0.717) is 13.0 Å². The fraction of sp³-hybridized carbons (Fsp3) is 0.600. The first-order valence-electron chi connectivity index (χ1n) is 4.99. The Morgan fingerprint density at radius 3 is 2.53 bits per heavy atom. The maximum absolute atomic E-state index is 11.1. The number of aliphatic carboxylic acids is 1. The molecule has 0 spiro atoms. The molecule has 1 amide bonds. The molecule has 0 bridgehead atoms. The summed E-state index contributed by atoms with van der Waals surface area (Å²) < 4.78 is 4.76. The van der Waals surface area contributed by atoms with Crippen molar-refractivity contribution in [2.24, 2.45) is 0 Å². The van der Waals surface area contributed by atoms with Crippen molar-refractivity contribution < 1.29 is 19.4 Å². The highest BCUT2D eigenvalue weighted by atomic mass is 16.5. The number of alkyl carbamates (subject to hydrolysis) is 1. The van der Waals surface area contributed by atoms with Crippen molar-refractivity contribution in [2.45, 2.75) is 33.1 Å². The maximum Gasteiger partial charge on any atom is 0.411 e. The zero-order valence-electron chi connectivity index (χ0n) is 9.08. The Bertz CT molecular complexity index is 248. The summed E-state index contributed by atoms with van der Waals surface area (Å²) in [6, 6.07) is 0. The number of carbonyl (C=O) groups is 2. The third-order valence-electron chi connectivity index (χ3n) is 1.61. The van der Waals surface area contributed by atoms with Gasteiger partial charge in [-0.15, -0.1) is 0 Å². The number of allylic oxidation sites excluding steroid dienone is 1. The minimum atomic E-state index is -1.16. The molecule has 0 aromatic heterocycles. The zero-order chi connectivity index (χ0) is 11.7. The van der Waals surface area contributed by atoms with Crippen LogP contribution in [0.15, 0.2) is 11.8 Å². The average molecular weight is 215 g/mol. The third-order valence-corrected chi connectivity index (χ3v) is 1.61. The number of unbranched alkanes of at least 4 members (excludes halogenated alkanes) is 1. The van der Waals surface area contributed by atoms with Crippen LogP contribution >= 0.6 is 0 Å². The van der Waals surface area contributed by atoms with Crippen molar-refractivity contribution in [1.29, 1.82) is 0 Å². The molecule has 86 valence electrons. The largest absolute Gasteiger partial charge is 0.477 e. The lowest BCUT2D eigenvalue weighted by Crippen LogP contribution is -2.28. The normalized spacial score (nSPS) is 10.9. The van der Waals surface area contributed by atoms with E-state index in [4.69, 9.17) is 9.84 Å². The molecule has 0 aromatic carbocycles. The number of rotatable bonds is 6. The lowest BCUT2D eigenvalue weighted by molar-refractivity contribution is -0.133. The Labute approximate surface area is 89.1 Å². The minimum Gasteiger partial charge on any atom is -0.477 e. The molecule has 0 rings (SSSR count). The van der Waals surface area contributed by atoms with Gasteiger partial charge in [0.15, 0.2) is 0 Å². The van der Waals surface area contributed by atoms with Gasteiger partial charge in [-0.2, -0.15) is 0 Å². The van der Waals surface area contributed by atoms with Gasteiger partial charge in [-0.3, -0.25) is 5.32 Å². The fourth-order valence-electron chi connectivity index (χ4n) is 0.851. The van der Waals surface area contributed by atoms with E-state index in [1.165, 1.54) is 6.08 Å². The predicted molar refractivity (Wildman–Crippen MR) is 55.4 cm³/mol. The lowest BCUT2D eigenvalue weighted by Gasteiger charge is -2.06. The van der Waals surface area contributed by atoms with Crippen molar-refractivity contribution >= 4 is 12.1 Å². The second-order valence-corrected chi connectivity index (χ2v) is 2.95. The molecule has 0 aliphatic heterocycles. The van der Waals surface area contributed by atoms with Crippen molar-refractivity contribution in [1.82, 2.24) is 5.32 Å². The van der Waals surface area contributed by atoms with E-state index in [-0.39, 0.29) is 5.70 Å². The van der Waals surface area contributed by atoms with Gasteiger partial charge in [0.2, 0.25) is 0 Å². The van der Waals surface area contributed by atoms with Crippen LogP contribution in [0.4, 0.5) is 4.79 Å². The first kappa shape index (κ1) is 13.5. The van der Waals surface area contributed by atoms with Crippen LogP contribution in [-0.4, -0.2) is 23.8 Å². The highest BCUT2D eigenvalue weighted by molar-refractivity contribution is 5.90. The second-order valence-electron chi connectivity index (χ2n) is 2.95. The summed E-state index contributed by atoms with van der Waals surface area (Å²) in [6.45, 7) is 4.06. The monoisotopic (exact) mass is 215 g/mol. The van der Waals surface area contributed by atoms with Crippen LogP contribution < -0.4 is 5.32 Å². The third kappa shape index (κ3) is 6.54. The molecule has 0 saturated heterocycles. The number of nitrogens with one attached hydrogen (secondary N) is 1. The van der Waals surface area contributed by atoms with Gasteiger partial charge in [0, 0.05) is 0 Å². The number of amides is 1. The van der Waals surface area contributed by atoms with Crippen LogP contribution in [-0.2, 0) is 9.53 Å². The van der Waals surface area contributed by atoms with E-state index in [2.05, 4.69) is 5.32 Å². The molecule has 0 aliphatic carbocycles. The van der Waals surface area contributed by atoms with Gasteiger partial charge in [-0.05, 0) is 12.8 Å². The molecule has 0 heterocycles. The van der Waals surface area contributed by atoms with Gasteiger partial charge in [-0.25, -0.2) is 9.59 Å². The standard InChI is InChI=1S/C10H17NO4/c1-3-5-7-15-10(14)11-8(6-4-2)9(12)13/h6H,3-5,7H2,1-2H3,(H,11,14)(H,12,13). The Hall–Kier alpha value is -1.52. The fourth-order valence-corrected chi connectivity index (χ4v) is 0.851. The summed E-state index contributed by atoms with van der Waals surface area (Å²) in [7, 11) is 0. The van der Waals surface area contributed by atoms with Gasteiger partial charge >= 0.3 is 12.1 Å². The summed E-state index contributed by atoms with van der Waals surface area (Å²) in [5.74, 6) is -1.16. The smallest absolute Gasteiger partial charge is 0.411 e. The van der Waals surface area contributed by atoms with E-state index < -0.39 is 12.1 Å². The van der Waals surface area contributed by atoms with Gasteiger partial charge in [0.05, 0.1) is 6.61 Å². The van der Waals surface area contributed by atoms with Crippen LogP contribution in [0.5, 0.6) is 0 Å². The average Bonchev–Trinajstić information content (AvgIpc) is 2.17. The Morgan fingerprint density at radius 1 is 1.40 bits per heavy atom. The molecule has 0 aromatic rings. The summed E-state index contributed by atoms with van der Waals surface area (Å²) in [4.78, 5) is 21.7. The molecule has 0 radical (unpaired) electrons. The summed E-state index contributed by atoms with van der Waals surface area (Å²) in [6.07, 6.45) is 2.93. The number of carbonyl (C=O) groups excluding carboxylic acids is 1. The van der Waals surface area contributed by atoms with Crippen molar-refractivity contribution in [3.8, 4) is 0 Å². The van der Waals surface area contributed by atoms with Gasteiger partial charge < -0.3 is 9.84 Å². The number of hydrogen-bond donors (Lipinski definition) is 2. The molecule has 0 fully saturated rings. The van der Waals surface area contributed by atoms with Crippen LogP contribution in [0.25, 0.3) is 0 Å².